The van der Waals surface area contributed by atoms with Crippen LogP contribution in [0.5, 0.6) is 0 Å². The van der Waals surface area contributed by atoms with E-state index < -0.39 is 0 Å². The molecule has 1 aromatic rings. The summed E-state index contributed by atoms with van der Waals surface area (Å²) in [5, 5.41) is 2.88. The van der Waals surface area contributed by atoms with Crippen LogP contribution < -0.4 is 9.88 Å². The van der Waals surface area contributed by atoms with Crippen molar-refractivity contribution < 1.29 is 9.36 Å². The van der Waals surface area contributed by atoms with Crippen molar-refractivity contribution in [2.45, 2.75) is 20.5 Å². The van der Waals surface area contributed by atoms with E-state index in [2.05, 4.69) is 24.1 Å². The van der Waals surface area contributed by atoms with E-state index in [-0.39, 0.29) is 5.91 Å². The summed E-state index contributed by atoms with van der Waals surface area (Å²) in [6.45, 7) is 6.93. The van der Waals surface area contributed by atoms with E-state index in [1.807, 2.05) is 35.2 Å². The summed E-state index contributed by atoms with van der Waals surface area (Å²) in [6.07, 6.45) is 3.86. The van der Waals surface area contributed by atoms with Gasteiger partial charge in [-0.3, -0.25) is 15.0 Å². The largest absolute Gasteiger partial charge is 0.300 e. The molecule has 1 heterocycles. The molecule has 4 nitrogen and oxygen atoms in total. The Morgan fingerprint density at radius 1 is 1.19 bits per heavy atom. The van der Waals surface area contributed by atoms with Crippen LogP contribution in [0, 0.1) is 0 Å². The molecule has 0 spiro atoms. The van der Waals surface area contributed by atoms with Crippen LogP contribution >= 0.6 is 0 Å². The fourth-order valence-electron chi connectivity index (χ4n) is 1.43. The molecule has 0 aromatic carbocycles. The maximum absolute atomic E-state index is 11.6. The standard InChI is InChI=1S/C12H19N3O/c1-3-14(4-2)10-12(16)13-11-15-8-6-5-7-9-15/h5-9H,3-4,10-11H2,1-2H3/p+1. The van der Waals surface area contributed by atoms with Gasteiger partial charge in [-0.2, -0.15) is 4.57 Å². The molecule has 0 aliphatic rings. The number of carbonyl (C=O) groups excluding carboxylic acids is 1. The van der Waals surface area contributed by atoms with Crippen LogP contribution in [-0.4, -0.2) is 30.4 Å². The smallest absolute Gasteiger partial charge is 0.238 e. The Kier molecular flexibility index (Phi) is 5.50. The SMILES string of the molecule is CCN(CC)CC(=O)NC[n+]1ccccc1. The summed E-state index contributed by atoms with van der Waals surface area (Å²) in [5.74, 6) is 0.0695. The van der Waals surface area contributed by atoms with Crippen molar-refractivity contribution in [1.82, 2.24) is 10.2 Å². The van der Waals surface area contributed by atoms with Gasteiger partial charge in [-0.15, -0.1) is 0 Å². The first-order valence-electron chi connectivity index (χ1n) is 5.69. The first kappa shape index (κ1) is 12.6. The summed E-state index contributed by atoms with van der Waals surface area (Å²) in [7, 11) is 0. The predicted molar refractivity (Wildman–Crippen MR) is 62.6 cm³/mol. The number of aromatic nitrogens is 1. The van der Waals surface area contributed by atoms with Gasteiger partial charge < -0.3 is 0 Å². The molecule has 16 heavy (non-hydrogen) atoms. The van der Waals surface area contributed by atoms with E-state index >= 15 is 0 Å². The van der Waals surface area contributed by atoms with Crippen molar-refractivity contribution in [3.05, 3.63) is 30.6 Å². The Morgan fingerprint density at radius 3 is 2.38 bits per heavy atom. The molecule has 88 valence electrons. The van der Waals surface area contributed by atoms with E-state index in [0.29, 0.717) is 13.2 Å². The highest BCUT2D eigenvalue weighted by Crippen LogP contribution is 1.85. The third kappa shape index (κ3) is 4.40. The second-order valence-electron chi connectivity index (χ2n) is 3.61. The summed E-state index contributed by atoms with van der Waals surface area (Å²) in [4.78, 5) is 13.7. The van der Waals surface area contributed by atoms with Gasteiger partial charge in [-0.05, 0) is 13.1 Å². The highest BCUT2D eigenvalue weighted by atomic mass is 16.2. The first-order valence-corrected chi connectivity index (χ1v) is 5.69. The van der Waals surface area contributed by atoms with Gasteiger partial charge in [0.2, 0.25) is 12.6 Å². The van der Waals surface area contributed by atoms with E-state index in [1.165, 1.54) is 0 Å². The number of hydrogen-bond donors (Lipinski definition) is 1. The van der Waals surface area contributed by atoms with Gasteiger partial charge in [0.05, 0.1) is 6.54 Å². The maximum atomic E-state index is 11.6. The van der Waals surface area contributed by atoms with Crippen LogP contribution in [0.1, 0.15) is 13.8 Å². The van der Waals surface area contributed by atoms with Gasteiger partial charge in [0.25, 0.3) is 0 Å². The van der Waals surface area contributed by atoms with Crippen LogP contribution in [0.15, 0.2) is 30.6 Å². The summed E-state index contributed by atoms with van der Waals surface area (Å²) >= 11 is 0. The van der Waals surface area contributed by atoms with E-state index in [1.54, 1.807) is 0 Å². The van der Waals surface area contributed by atoms with E-state index in [4.69, 9.17) is 0 Å². The van der Waals surface area contributed by atoms with Crippen molar-refractivity contribution in [2.75, 3.05) is 19.6 Å². The lowest BCUT2D eigenvalue weighted by Gasteiger charge is -2.16. The van der Waals surface area contributed by atoms with Gasteiger partial charge in [0, 0.05) is 12.1 Å². The Hall–Kier alpha value is -1.42. The van der Waals surface area contributed by atoms with Crippen LogP contribution in [0.2, 0.25) is 0 Å². The minimum atomic E-state index is 0.0695. The monoisotopic (exact) mass is 222 g/mol. The summed E-state index contributed by atoms with van der Waals surface area (Å²) in [6, 6.07) is 5.83. The fourth-order valence-corrected chi connectivity index (χ4v) is 1.43. The number of hydrogen-bond acceptors (Lipinski definition) is 2. The maximum Gasteiger partial charge on any atom is 0.238 e. The number of nitrogens with one attached hydrogen (secondary N) is 1. The normalized spacial score (nSPS) is 10.4. The van der Waals surface area contributed by atoms with Crippen molar-refractivity contribution in [3.63, 3.8) is 0 Å². The number of carbonyl (C=O) groups is 1. The molecule has 0 unspecified atom stereocenters. The van der Waals surface area contributed by atoms with Gasteiger partial charge in [0.15, 0.2) is 12.4 Å². The molecule has 0 saturated heterocycles. The Morgan fingerprint density at radius 2 is 1.81 bits per heavy atom. The second-order valence-corrected chi connectivity index (χ2v) is 3.61. The zero-order chi connectivity index (χ0) is 11.8. The van der Waals surface area contributed by atoms with Crippen molar-refractivity contribution in [2.24, 2.45) is 0 Å². The third-order valence-corrected chi connectivity index (χ3v) is 2.50. The van der Waals surface area contributed by atoms with Crippen molar-refractivity contribution in [1.29, 1.82) is 0 Å². The summed E-state index contributed by atoms with van der Waals surface area (Å²) in [5.41, 5.74) is 0. The topological polar surface area (TPSA) is 36.2 Å². The van der Waals surface area contributed by atoms with Gasteiger partial charge >= 0.3 is 0 Å². The average molecular weight is 222 g/mol. The Bertz CT molecular complexity index is 309. The Labute approximate surface area is 96.9 Å². The number of pyridine rings is 1. The third-order valence-electron chi connectivity index (χ3n) is 2.50. The van der Waals surface area contributed by atoms with Crippen LogP contribution in [0.4, 0.5) is 0 Å². The first-order chi connectivity index (χ1) is 7.76. The molecule has 1 aromatic heterocycles. The molecule has 0 saturated carbocycles. The Balaban J connectivity index is 2.30. The zero-order valence-corrected chi connectivity index (χ0v) is 10.0. The summed E-state index contributed by atoms with van der Waals surface area (Å²) < 4.78 is 1.93. The molecule has 0 aliphatic heterocycles. The molecular weight excluding hydrogens is 202 g/mol. The van der Waals surface area contributed by atoms with Crippen LogP contribution in [0.3, 0.4) is 0 Å². The molecule has 0 radical (unpaired) electrons. The highest BCUT2D eigenvalue weighted by Gasteiger charge is 2.07. The van der Waals surface area contributed by atoms with Crippen LogP contribution in [0.25, 0.3) is 0 Å². The van der Waals surface area contributed by atoms with Gasteiger partial charge in [-0.25, -0.2) is 0 Å². The van der Waals surface area contributed by atoms with Crippen molar-refractivity contribution >= 4 is 5.91 Å². The van der Waals surface area contributed by atoms with Crippen molar-refractivity contribution in [3.8, 4) is 0 Å². The molecular formula is C12H20N3O+. The number of rotatable bonds is 6. The molecule has 4 heteroatoms. The fraction of sp³-hybridized carbons (Fsp3) is 0.500. The predicted octanol–water partition coefficient (Wildman–Crippen LogP) is 0.390. The highest BCUT2D eigenvalue weighted by molar-refractivity contribution is 5.77. The molecule has 1 rings (SSSR count). The molecule has 0 bridgehead atoms. The molecule has 1 amide bonds. The number of nitrogens with zero attached hydrogens (tertiary/aromatic N) is 2. The quantitative estimate of drug-likeness (QED) is 0.707. The molecule has 0 fully saturated rings. The molecule has 0 aliphatic carbocycles. The minimum absolute atomic E-state index is 0.0695. The lowest BCUT2D eigenvalue weighted by molar-refractivity contribution is -0.700. The lowest BCUT2D eigenvalue weighted by Crippen LogP contribution is -2.46. The average Bonchev–Trinajstić information content (AvgIpc) is 2.34. The lowest BCUT2D eigenvalue weighted by atomic mass is 10.4. The second kappa shape index (κ2) is 6.95. The molecule has 1 N–H and O–H groups in total. The minimum Gasteiger partial charge on any atom is -0.300 e. The number of likely N-dealkylation sites (N-methyl/N-ethyl adjacent to an activating group) is 1. The van der Waals surface area contributed by atoms with Gasteiger partial charge in [-0.1, -0.05) is 19.9 Å². The van der Waals surface area contributed by atoms with E-state index in [9.17, 15) is 4.79 Å². The number of amides is 1. The van der Waals surface area contributed by atoms with Crippen LogP contribution in [-0.2, 0) is 11.5 Å². The van der Waals surface area contributed by atoms with Gasteiger partial charge in [0.1, 0.15) is 0 Å². The zero-order valence-electron chi connectivity index (χ0n) is 10.0. The molecule has 0 atom stereocenters. The van der Waals surface area contributed by atoms with E-state index in [0.717, 1.165) is 13.1 Å².